The van der Waals surface area contributed by atoms with E-state index in [1.807, 2.05) is 48.9 Å². The molecule has 3 aromatic rings. The topological polar surface area (TPSA) is 50.2 Å². The lowest BCUT2D eigenvalue weighted by Gasteiger charge is -2.31. The summed E-state index contributed by atoms with van der Waals surface area (Å²) in [6, 6.07) is 20.5. The second kappa shape index (κ2) is 8.62. The number of hydrogen-bond donors (Lipinski definition) is 1. The number of amides is 1. The van der Waals surface area contributed by atoms with Gasteiger partial charge in [-0.3, -0.25) is 9.69 Å². The van der Waals surface area contributed by atoms with E-state index < -0.39 is 0 Å². The molecule has 0 spiro atoms. The van der Waals surface area contributed by atoms with Crippen molar-refractivity contribution in [2.24, 2.45) is 5.92 Å². The highest BCUT2D eigenvalue weighted by Gasteiger charge is 2.25. The fraction of sp³-hybridized carbons (Fsp3) is 0.333. The minimum atomic E-state index is 0.0812. The summed E-state index contributed by atoms with van der Waals surface area (Å²) in [6.45, 7) is 6.92. The zero-order chi connectivity index (χ0) is 20.2. The van der Waals surface area contributed by atoms with Crippen LogP contribution >= 0.6 is 0 Å². The number of nitrogens with one attached hydrogen (secondary N) is 1. The molecule has 0 unspecified atom stereocenters. The molecule has 1 aliphatic heterocycles. The molecule has 29 heavy (non-hydrogen) atoms. The fourth-order valence-corrected chi connectivity index (χ4v) is 4.02. The van der Waals surface area contributed by atoms with Crippen molar-refractivity contribution < 1.29 is 4.79 Å². The molecule has 0 radical (unpaired) electrons. The quantitative estimate of drug-likeness (QED) is 0.707. The van der Waals surface area contributed by atoms with Crippen molar-refractivity contribution in [3.8, 4) is 5.69 Å². The van der Waals surface area contributed by atoms with Crippen LogP contribution in [0.1, 0.15) is 29.8 Å². The van der Waals surface area contributed by atoms with Gasteiger partial charge in [-0.05, 0) is 75.7 Å². The summed E-state index contributed by atoms with van der Waals surface area (Å²) in [6.07, 6.45) is 1.81. The first-order chi connectivity index (χ1) is 14.1. The predicted molar refractivity (Wildman–Crippen MR) is 116 cm³/mol. The van der Waals surface area contributed by atoms with E-state index in [0.717, 1.165) is 55.2 Å². The van der Waals surface area contributed by atoms with Crippen LogP contribution in [0.5, 0.6) is 0 Å². The van der Waals surface area contributed by atoms with Crippen molar-refractivity contribution in [1.29, 1.82) is 0 Å². The lowest BCUT2D eigenvalue weighted by atomic mass is 9.95. The van der Waals surface area contributed by atoms with Crippen molar-refractivity contribution in [1.82, 2.24) is 14.7 Å². The SMILES string of the molecule is Cc1cc(C)n(-c2ccc(NC(=O)C3CCN(Cc4ccccc4)CC3)cc2)n1. The molecule has 1 fully saturated rings. The molecule has 1 saturated heterocycles. The summed E-state index contributed by atoms with van der Waals surface area (Å²) in [5, 5.41) is 7.59. The minimum Gasteiger partial charge on any atom is -0.326 e. The van der Waals surface area contributed by atoms with E-state index in [1.165, 1.54) is 5.56 Å². The van der Waals surface area contributed by atoms with Crippen molar-refractivity contribution in [3.63, 3.8) is 0 Å². The van der Waals surface area contributed by atoms with Gasteiger partial charge >= 0.3 is 0 Å². The van der Waals surface area contributed by atoms with Gasteiger partial charge in [-0.2, -0.15) is 5.10 Å². The molecule has 1 amide bonds. The van der Waals surface area contributed by atoms with Gasteiger partial charge in [0.2, 0.25) is 5.91 Å². The van der Waals surface area contributed by atoms with Gasteiger partial charge in [-0.15, -0.1) is 0 Å². The number of carbonyl (C=O) groups is 1. The highest BCUT2D eigenvalue weighted by Crippen LogP contribution is 2.22. The minimum absolute atomic E-state index is 0.0812. The first kappa shape index (κ1) is 19.4. The largest absolute Gasteiger partial charge is 0.326 e. The Kier molecular flexibility index (Phi) is 5.76. The van der Waals surface area contributed by atoms with E-state index >= 15 is 0 Å². The average molecular weight is 389 g/mol. The standard InChI is InChI=1S/C24H28N4O/c1-18-16-19(2)28(26-18)23-10-8-22(9-11-23)25-24(29)21-12-14-27(15-13-21)17-20-6-4-3-5-7-20/h3-11,16,21H,12-15,17H2,1-2H3,(H,25,29). The molecule has 1 aromatic heterocycles. The number of anilines is 1. The van der Waals surface area contributed by atoms with Crippen LogP contribution in [0.3, 0.4) is 0 Å². The van der Waals surface area contributed by atoms with Gasteiger partial charge in [0.15, 0.2) is 0 Å². The molecule has 2 heterocycles. The normalized spacial score (nSPS) is 15.4. The highest BCUT2D eigenvalue weighted by molar-refractivity contribution is 5.92. The third kappa shape index (κ3) is 4.74. The number of nitrogens with zero attached hydrogens (tertiary/aromatic N) is 3. The Hall–Kier alpha value is -2.92. The average Bonchev–Trinajstić information content (AvgIpc) is 3.08. The van der Waals surface area contributed by atoms with Gasteiger partial charge in [0.25, 0.3) is 0 Å². The molecule has 0 aliphatic carbocycles. The van der Waals surface area contributed by atoms with Crippen LogP contribution in [-0.4, -0.2) is 33.7 Å². The number of piperidine rings is 1. The Morgan fingerprint density at radius 1 is 1.03 bits per heavy atom. The Balaban J connectivity index is 1.30. The molecule has 4 rings (SSSR count). The first-order valence-corrected chi connectivity index (χ1v) is 10.3. The number of carbonyl (C=O) groups excluding carboxylic acids is 1. The van der Waals surface area contributed by atoms with Crippen LogP contribution in [0.25, 0.3) is 5.69 Å². The number of benzene rings is 2. The van der Waals surface area contributed by atoms with Gasteiger partial charge in [0.05, 0.1) is 11.4 Å². The Bertz CT molecular complexity index is 954. The van der Waals surface area contributed by atoms with Crippen LogP contribution in [0, 0.1) is 19.8 Å². The molecule has 0 bridgehead atoms. The second-order valence-electron chi connectivity index (χ2n) is 7.91. The fourth-order valence-electron chi connectivity index (χ4n) is 4.02. The second-order valence-corrected chi connectivity index (χ2v) is 7.91. The summed E-state index contributed by atoms with van der Waals surface area (Å²) >= 11 is 0. The van der Waals surface area contributed by atoms with Crippen LogP contribution in [0.4, 0.5) is 5.69 Å². The van der Waals surface area contributed by atoms with E-state index in [2.05, 4.69) is 45.6 Å². The number of likely N-dealkylation sites (tertiary alicyclic amines) is 1. The Morgan fingerprint density at radius 3 is 2.34 bits per heavy atom. The zero-order valence-electron chi connectivity index (χ0n) is 17.1. The van der Waals surface area contributed by atoms with Crippen LogP contribution < -0.4 is 5.32 Å². The summed E-state index contributed by atoms with van der Waals surface area (Å²) < 4.78 is 1.92. The van der Waals surface area contributed by atoms with Crippen molar-refractivity contribution >= 4 is 11.6 Å². The van der Waals surface area contributed by atoms with E-state index in [9.17, 15) is 4.79 Å². The summed E-state index contributed by atoms with van der Waals surface area (Å²) in [5.74, 6) is 0.209. The first-order valence-electron chi connectivity index (χ1n) is 10.3. The lowest BCUT2D eigenvalue weighted by Crippen LogP contribution is -2.37. The van der Waals surface area contributed by atoms with Gasteiger partial charge in [0.1, 0.15) is 0 Å². The molecule has 1 aliphatic rings. The smallest absolute Gasteiger partial charge is 0.227 e. The zero-order valence-corrected chi connectivity index (χ0v) is 17.1. The van der Waals surface area contributed by atoms with E-state index in [0.29, 0.717) is 0 Å². The summed E-state index contributed by atoms with van der Waals surface area (Å²) in [4.78, 5) is 15.1. The predicted octanol–water partition coefficient (Wildman–Crippen LogP) is 4.34. The van der Waals surface area contributed by atoms with Crippen molar-refractivity contribution in [2.45, 2.75) is 33.2 Å². The maximum absolute atomic E-state index is 12.7. The molecule has 2 aromatic carbocycles. The molecule has 5 nitrogen and oxygen atoms in total. The summed E-state index contributed by atoms with van der Waals surface area (Å²) in [7, 11) is 0. The monoisotopic (exact) mass is 388 g/mol. The molecule has 0 saturated carbocycles. The number of hydrogen-bond acceptors (Lipinski definition) is 3. The van der Waals surface area contributed by atoms with Gasteiger partial charge in [0, 0.05) is 23.8 Å². The molecule has 5 heteroatoms. The lowest BCUT2D eigenvalue weighted by molar-refractivity contribution is -0.121. The molecule has 150 valence electrons. The van der Waals surface area contributed by atoms with E-state index in [-0.39, 0.29) is 11.8 Å². The third-order valence-corrected chi connectivity index (χ3v) is 5.60. The summed E-state index contributed by atoms with van der Waals surface area (Å²) in [5.41, 5.74) is 5.27. The molecular formula is C24H28N4O. The van der Waals surface area contributed by atoms with Crippen molar-refractivity contribution in [3.05, 3.63) is 77.6 Å². The maximum Gasteiger partial charge on any atom is 0.227 e. The molecule has 0 atom stereocenters. The molecular weight excluding hydrogens is 360 g/mol. The number of aryl methyl sites for hydroxylation is 2. The Labute approximate surface area is 172 Å². The van der Waals surface area contributed by atoms with Crippen LogP contribution in [0.15, 0.2) is 60.7 Å². The van der Waals surface area contributed by atoms with Gasteiger partial charge in [-0.1, -0.05) is 30.3 Å². The highest BCUT2D eigenvalue weighted by atomic mass is 16.1. The van der Waals surface area contributed by atoms with E-state index in [1.54, 1.807) is 0 Å². The van der Waals surface area contributed by atoms with Crippen LogP contribution in [-0.2, 0) is 11.3 Å². The third-order valence-electron chi connectivity index (χ3n) is 5.60. The maximum atomic E-state index is 12.7. The Morgan fingerprint density at radius 2 is 1.72 bits per heavy atom. The number of rotatable bonds is 5. The van der Waals surface area contributed by atoms with E-state index in [4.69, 9.17) is 0 Å². The van der Waals surface area contributed by atoms with Gasteiger partial charge < -0.3 is 5.32 Å². The van der Waals surface area contributed by atoms with Crippen LogP contribution in [0.2, 0.25) is 0 Å². The number of aromatic nitrogens is 2. The van der Waals surface area contributed by atoms with Gasteiger partial charge in [-0.25, -0.2) is 4.68 Å². The molecule has 1 N–H and O–H groups in total. The van der Waals surface area contributed by atoms with Crippen molar-refractivity contribution in [2.75, 3.05) is 18.4 Å².